The summed E-state index contributed by atoms with van der Waals surface area (Å²) >= 11 is 0. The number of carbonyl (C=O) groups is 1. The largest absolute Gasteiger partial charge is 0.377 e. The van der Waals surface area contributed by atoms with Gasteiger partial charge in [0.15, 0.2) is 5.78 Å². The molecule has 4 aliphatic carbocycles. The number of aryl methyl sites for hydroxylation is 1. The van der Waals surface area contributed by atoms with Gasteiger partial charge in [-0.15, -0.1) is 5.92 Å². The fourth-order valence-electron chi connectivity index (χ4n) is 7.41. The molecule has 5 atom stereocenters. The van der Waals surface area contributed by atoms with Crippen molar-refractivity contribution in [2.45, 2.75) is 83.7 Å². The topological polar surface area (TPSA) is 37.3 Å². The van der Waals surface area contributed by atoms with Crippen LogP contribution in [0.3, 0.4) is 0 Å². The predicted octanol–water partition coefficient (Wildman–Crippen LogP) is 5.90. The summed E-state index contributed by atoms with van der Waals surface area (Å²) in [7, 11) is 0. The number of allylic oxidation sites excluding steroid dienone is 4. The summed E-state index contributed by atoms with van der Waals surface area (Å²) in [4.78, 5) is 12.2. The number of rotatable bonds is 2. The van der Waals surface area contributed by atoms with Gasteiger partial charge in [0.1, 0.15) is 5.60 Å². The Bertz CT molecular complexity index is 1050. The van der Waals surface area contributed by atoms with Crippen LogP contribution in [0.2, 0.25) is 0 Å². The number of carbonyl (C=O) groups excluding carboxylic acids is 1. The zero-order valence-corrected chi connectivity index (χ0v) is 19.1. The van der Waals surface area contributed by atoms with E-state index < -0.39 is 5.60 Å². The van der Waals surface area contributed by atoms with Gasteiger partial charge in [0, 0.05) is 17.8 Å². The summed E-state index contributed by atoms with van der Waals surface area (Å²) in [5.41, 5.74) is 6.00. The predicted molar refractivity (Wildman–Crippen MR) is 124 cm³/mol. The van der Waals surface area contributed by atoms with Gasteiger partial charge in [-0.2, -0.15) is 0 Å². The molecule has 2 saturated carbocycles. The molecule has 0 spiro atoms. The molecule has 0 radical (unpaired) electrons. The van der Waals surface area contributed by atoms with Crippen LogP contribution in [0, 0.1) is 29.1 Å². The lowest BCUT2D eigenvalue weighted by Crippen LogP contribution is -2.51. The Labute approximate surface area is 186 Å². The van der Waals surface area contributed by atoms with Gasteiger partial charge in [0.2, 0.25) is 0 Å². The zero-order chi connectivity index (χ0) is 21.8. The van der Waals surface area contributed by atoms with Gasteiger partial charge in [-0.25, -0.2) is 0 Å². The Kier molecular flexibility index (Phi) is 5.02. The average Bonchev–Trinajstić information content (AvgIpc) is 3.03. The molecule has 0 bridgehead atoms. The Morgan fingerprint density at radius 3 is 2.81 bits per heavy atom. The lowest BCUT2D eigenvalue weighted by atomic mass is 9.51. The summed E-state index contributed by atoms with van der Waals surface area (Å²) in [5.74, 6) is 7.83. The Morgan fingerprint density at radius 2 is 2.03 bits per heavy atom. The molecule has 2 heteroatoms. The fourth-order valence-corrected chi connectivity index (χ4v) is 7.41. The van der Waals surface area contributed by atoms with E-state index in [1.54, 1.807) is 5.57 Å². The highest BCUT2D eigenvalue weighted by Crippen LogP contribution is 2.66. The molecule has 162 valence electrons. The highest BCUT2D eigenvalue weighted by molar-refractivity contribution is 5.93. The minimum atomic E-state index is -0.901. The molecule has 0 aliphatic heterocycles. The van der Waals surface area contributed by atoms with Crippen molar-refractivity contribution in [2.75, 3.05) is 0 Å². The van der Waals surface area contributed by atoms with E-state index in [9.17, 15) is 9.90 Å². The van der Waals surface area contributed by atoms with Crippen LogP contribution in [0.5, 0.6) is 0 Å². The van der Waals surface area contributed by atoms with Crippen LogP contribution in [0.15, 0.2) is 47.1 Å². The molecule has 0 amide bonds. The number of hydrogen-bond donors (Lipinski definition) is 1. The Hall–Kier alpha value is -2.11. The maximum atomic E-state index is 12.2. The minimum Gasteiger partial charge on any atom is -0.377 e. The number of ketones is 1. The third kappa shape index (κ3) is 3.08. The van der Waals surface area contributed by atoms with Crippen molar-refractivity contribution in [3.05, 3.63) is 58.2 Å². The Morgan fingerprint density at radius 1 is 1.19 bits per heavy atom. The lowest BCUT2D eigenvalue weighted by Gasteiger charge is -2.53. The standard InChI is InChI=1S/C29H34O2/c1-4-14-29(31)15-13-26-24-11-9-21-17-22(30)10-12-23(21)27(24)25(18-28(26,29)3)20-8-6-7-19(5-2)16-20/h6-8,16-17,24-26,31H,5,9-13,15,18H2,1-3H3/t24-,25+,26-,28-,29-/m0/s1. The molecule has 0 saturated heterocycles. The van der Waals surface area contributed by atoms with E-state index in [0.29, 0.717) is 24.2 Å². The third-order valence-corrected chi connectivity index (χ3v) is 8.98. The first-order valence-electron chi connectivity index (χ1n) is 12.1. The van der Waals surface area contributed by atoms with Gasteiger partial charge in [0.25, 0.3) is 0 Å². The second kappa shape index (κ2) is 7.49. The molecule has 0 unspecified atom stereocenters. The number of benzene rings is 1. The van der Waals surface area contributed by atoms with Gasteiger partial charge < -0.3 is 5.11 Å². The number of hydrogen-bond acceptors (Lipinski definition) is 2. The highest BCUT2D eigenvalue weighted by Gasteiger charge is 2.62. The quantitative estimate of drug-likeness (QED) is 0.612. The van der Waals surface area contributed by atoms with Crippen molar-refractivity contribution < 1.29 is 9.90 Å². The molecule has 2 nitrogen and oxygen atoms in total. The van der Waals surface area contributed by atoms with E-state index in [4.69, 9.17) is 0 Å². The summed E-state index contributed by atoms with van der Waals surface area (Å²) in [5, 5.41) is 11.7. The third-order valence-electron chi connectivity index (χ3n) is 8.98. The fraction of sp³-hybridized carbons (Fsp3) is 0.552. The molecule has 2 fully saturated rings. The van der Waals surface area contributed by atoms with Crippen molar-refractivity contribution >= 4 is 5.78 Å². The first kappa shape index (κ1) is 20.8. The van der Waals surface area contributed by atoms with Crippen LogP contribution < -0.4 is 0 Å². The Balaban J connectivity index is 1.70. The molecule has 31 heavy (non-hydrogen) atoms. The second-order valence-corrected chi connectivity index (χ2v) is 10.4. The molecule has 5 rings (SSSR count). The van der Waals surface area contributed by atoms with Crippen LogP contribution in [-0.4, -0.2) is 16.5 Å². The van der Waals surface area contributed by atoms with Crippen LogP contribution in [0.25, 0.3) is 0 Å². The highest BCUT2D eigenvalue weighted by atomic mass is 16.3. The first-order chi connectivity index (χ1) is 14.9. The molecule has 1 aromatic carbocycles. The van der Waals surface area contributed by atoms with E-state index in [-0.39, 0.29) is 11.2 Å². The van der Waals surface area contributed by atoms with Crippen molar-refractivity contribution in [3.63, 3.8) is 0 Å². The summed E-state index contributed by atoms with van der Waals surface area (Å²) < 4.78 is 0. The van der Waals surface area contributed by atoms with Crippen molar-refractivity contribution in [1.82, 2.24) is 0 Å². The molecule has 0 aromatic heterocycles. The van der Waals surface area contributed by atoms with Gasteiger partial charge in [-0.05, 0) is 92.1 Å². The van der Waals surface area contributed by atoms with Crippen molar-refractivity contribution in [2.24, 2.45) is 17.3 Å². The SMILES string of the molecule is CC#C[C@]1(O)CC[C@H]2[C@@H]3CCC4=CC(=O)CCC4=C3[C@@H](c3cccc(CC)c3)C[C@@]21C. The number of aliphatic hydroxyl groups is 1. The van der Waals surface area contributed by atoms with Crippen molar-refractivity contribution in [1.29, 1.82) is 0 Å². The molecule has 1 aromatic rings. The summed E-state index contributed by atoms with van der Waals surface area (Å²) in [6, 6.07) is 9.07. The molecule has 1 N–H and O–H groups in total. The maximum Gasteiger partial charge on any atom is 0.156 e. The smallest absolute Gasteiger partial charge is 0.156 e. The van der Waals surface area contributed by atoms with E-state index in [2.05, 4.69) is 50.0 Å². The summed E-state index contributed by atoms with van der Waals surface area (Å²) in [6.07, 6.45) is 9.35. The normalized spacial score (nSPS) is 36.7. The number of fused-ring (bicyclic) bond motifs is 4. The molecule has 4 aliphatic rings. The lowest BCUT2D eigenvalue weighted by molar-refractivity contribution is -0.114. The molecule has 0 heterocycles. The monoisotopic (exact) mass is 414 g/mol. The van der Waals surface area contributed by atoms with Crippen LogP contribution in [0.4, 0.5) is 0 Å². The van der Waals surface area contributed by atoms with Gasteiger partial charge >= 0.3 is 0 Å². The van der Waals surface area contributed by atoms with E-state index in [1.807, 2.05) is 13.0 Å². The van der Waals surface area contributed by atoms with Crippen molar-refractivity contribution in [3.8, 4) is 11.8 Å². The minimum absolute atomic E-state index is 0.205. The van der Waals surface area contributed by atoms with E-state index in [0.717, 1.165) is 44.9 Å². The van der Waals surface area contributed by atoms with Gasteiger partial charge in [-0.3, -0.25) is 4.79 Å². The summed E-state index contributed by atoms with van der Waals surface area (Å²) in [6.45, 7) is 6.37. The van der Waals surface area contributed by atoms with Crippen LogP contribution in [0.1, 0.15) is 82.8 Å². The maximum absolute atomic E-state index is 12.2. The van der Waals surface area contributed by atoms with Gasteiger partial charge in [0.05, 0.1) is 0 Å². The zero-order valence-electron chi connectivity index (χ0n) is 19.1. The van der Waals surface area contributed by atoms with Crippen LogP contribution in [-0.2, 0) is 11.2 Å². The second-order valence-electron chi connectivity index (χ2n) is 10.4. The molecular weight excluding hydrogens is 380 g/mol. The van der Waals surface area contributed by atoms with E-state index >= 15 is 0 Å². The van der Waals surface area contributed by atoms with E-state index in [1.165, 1.54) is 22.3 Å². The average molecular weight is 415 g/mol. The molecular formula is C29H34O2. The van der Waals surface area contributed by atoms with Crippen LogP contribution >= 0.6 is 0 Å². The first-order valence-corrected chi connectivity index (χ1v) is 12.1. The van der Waals surface area contributed by atoms with Gasteiger partial charge in [-0.1, -0.05) is 49.6 Å².